The number of hydrogen-bond acceptors (Lipinski definition) is 7. The molecular weight excluding hydrogens is 502 g/mol. The first-order chi connectivity index (χ1) is 17.9. The molecule has 4 aromatic rings. The van der Waals surface area contributed by atoms with Gasteiger partial charge in [-0.3, -0.25) is 9.59 Å². The van der Waals surface area contributed by atoms with Crippen molar-refractivity contribution >= 4 is 49.8 Å². The monoisotopic (exact) mass is 531 g/mol. The molecule has 0 unspecified atom stereocenters. The first kappa shape index (κ1) is 24.1. The van der Waals surface area contributed by atoms with Crippen LogP contribution in [0.15, 0.2) is 48.0 Å². The van der Waals surface area contributed by atoms with Crippen LogP contribution in [0.4, 0.5) is 5.13 Å². The number of amides is 2. The van der Waals surface area contributed by atoms with Gasteiger partial charge >= 0.3 is 0 Å². The van der Waals surface area contributed by atoms with Gasteiger partial charge in [0.2, 0.25) is 0 Å². The summed E-state index contributed by atoms with van der Waals surface area (Å²) in [6.45, 7) is 2.49. The van der Waals surface area contributed by atoms with Crippen LogP contribution in [0, 0.1) is 12.8 Å². The minimum absolute atomic E-state index is 0.0315. The second kappa shape index (κ2) is 9.54. The maximum absolute atomic E-state index is 14.1. The molecule has 3 heterocycles. The molecule has 2 aliphatic rings. The minimum atomic E-state index is -0.117. The Kier molecular flexibility index (Phi) is 6.20. The van der Waals surface area contributed by atoms with Crippen LogP contribution >= 0.6 is 22.7 Å². The molecule has 3 atom stereocenters. The fraction of sp³-hybridized carbons (Fsp3) is 0.357. The molecule has 2 amide bonds. The molecule has 6 rings (SSSR count). The van der Waals surface area contributed by atoms with Crippen LogP contribution < -0.4 is 10.2 Å². The first-order valence-electron chi connectivity index (χ1n) is 12.6. The molecule has 9 heteroatoms. The van der Waals surface area contributed by atoms with E-state index in [2.05, 4.69) is 41.5 Å². The van der Waals surface area contributed by atoms with Crippen molar-refractivity contribution in [2.45, 2.75) is 38.3 Å². The van der Waals surface area contributed by atoms with E-state index in [1.807, 2.05) is 42.1 Å². The lowest BCUT2D eigenvalue weighted by molar-refractivity contribution is 0.0578. The predicted octanol–water partition coefficient (Wildman–Crippen LogP) is 5.22. The summed E-state index contributed by atoms with van der Waals surface area (Å²) in [5.41, 5.74) is 5.92. The Hall–Kier alpha value is -3.30. The van der Waals surface area contributed by atoms with Crippen LogP contribution in [0.2, 0.25) is 0 Å². The van der Waals surface area contributed by atoms with Crippen molar-refractivity contribution in [2.24, 2.45) is 5.92 Å². The Morgan fingerprint density at radius 1 is 1.14 bits per heavy atom. The zero-order valence-corrected chi connectivity index (χ0v) is 22.7. The molecule has 1 saturated heterocycles. The smallest absolute Gasteiger partial charge is 0.274 e. The Morgan fingerprint density at radius 2 is 1.95 bits per heavy atom. The summed E-state index contributed by atoms with van der Waals surface area (Å²) in [7, 11) is 3.90. The molecule has 2 aromatic carbocycles. The molecule has 0 radical (unpaired) electrons. The lowest BCUT2D eigenvalue weighted by Gasteiger charge is -2.35. The Bertz CT molecular complexity index is 1480. The molecule has 0 spiro atoms. The maximum atomic E-state index is 14.1. The normalized spacial score (nSPS) is 20.5. The number of likely N-dealkylation sites (tertiary alicyclic amines) is 1. The van der Waals surface area contributed by atoms with Gasteiger partial charge in [-0.2, -0.15) is 0 Å². The van der Waals surface area contributed by atoms with Crippen LogP contribution in [0.3, 0.4) is 0 Å². The number of anilines is 1. The van der Waals surface area contributed by atoms with Crippen molar-refractivity contribution in [2.75, 3.05) is 25.5 Å². The zero-order valence-electron chi connectivity index (χ0n) is 21.1. The molecule has 7 nitrogen and oxygen atoms in total. The van der Waals surface area contributed by atoms with Gasteiger partial charge in [-0.25, -0.2) is 9.97 Å². The van der Waals surface area contributed by atoms with Gasteiger partial charge in [-0.1, -0.05) is 47.2 Å². The molecule has 37 heavy (non-hydrogen) atoms. The summed E-state index contributed by atoms with van der Waals surface area (Å²) in [5.74, 6) is 0.244. The van der Waals surface area contributed by atoms with Gasteiger partial charge in [-0.15, -0.1) is 11.3 Å². The van der Waals surface area contributed by atoms with Crippen molar-refractivity contribution in [3.8, 4) is 10.4 Å². The van der Waals surface area contributed by atoms with E-state index in [4.69, 9.17) is 4.98 Å². The highest BCUT2D eigenvalue weighted by molar-refractivity contribution is 7.19. The first-order valence-corrected chi connectivity index (χ1v) is 14.3. The van der Waals surface area contributed by atoms with E-state index in [1.165, 1.54) is 16.9 Å². The number of carbonyl (C=O) groups is 2. The third-order valence-electron chi connectivity index (χ3n) is 7.56. The van der Waals surface area contributed by atoms with Gasteiger partial charge in [0.1, 0.15) is 5.69 Å². The number of rotatable bonds is 6. The van der Waals surface area contributed by atoms with Gasteiger partial charge in [0, 0.05) is 26.7 Å². The zero-order chi connectivity index (χ0) is 25.7. The van der Waals surface area contributed by atoms with Crippen molar-refractivity contribution in [3.63, 3.8) is 0 Å². The molecule has 1 saturated carbocycles. The van der Waals surface area contributed by atoms with Crippen LogP contribution in [-0.2, 0) is 0 Å². The van der Waals surface area contributed by atoms with E-state index in [1.54, 1.807) is 16.8 Å². The third-order valence-corrected chi connectivity index (χ3v) is 9.71. The lowest BCUT2D eigenvalue weighted by Crippen LogP contribution is -2.50. The summed E-state index contributed by atoms with van der Waals surface area (Å²) in [5, 5.41) is 3.95. The number of nitrogens with zero attached hydrogens (tertiary/aromatic N) is 4. The number of piperidine rings is 1. The van der Waals surface area contributed by atoms with Gasteiger partial charge in [-0.05, 0) is 49.8 Å². The van der Waals surface area contributed by atoms with E-state index < -0.39 is 0 Å². The number of aromatic nitrogens is 2. The quantitative estimate of drug-likeness (QED) is 0.369. The number of fused-ring (bicyclic) bond motifs is 3. The van der Waals surface area contributed by atoms with E-state index in [0.717, 1.165) is 45.1 Å². The molecular formula is C28H29N5O2S2. The largest absolute Gasteiger partial charge is 0.354 e. The minimum Gasteiger partial charge on any atom is -0.354 e. The van der Waals surface area contributed by atoms with Gasteiger partial charge < -0.3 is 15.1 Å². The number of carbonyl (C=O) groups excluding carboxylic acids is 2. The SMILES string of the molecule is Cc1ccc(-c2sc(N(C)C)nc2C(=O)N2[C@H]3CC[C@H](C3)[C@@H]2CNC(=O)c2cccc3ncsc23)cc1. The summed E-state index contributed by atoms with van der Waals surface area (Å²) < 4.78 is 0.891. The number of aryl methyl sites for hydroxylation is 1. The predicted molar refractivity (Wildman–Crippen MR) is 150 cm³/mol. The van der Waals surface area contributed by atoms with Gasteiger partial charge in [0.05, 0.1) is 32.2 Å². The van der Waals surface area contributed by atoms with Gasteiger partial charge in [0.25, 0.3) is 11.8 Å². The number of benzene rings is 2. The van der Waals surface area contributed by atoms with E-state index in [0.29, 0.717) is 23.7 Å². The second-order valence-electron chi connectivity index (χ2n) is 10.2. The van der Waals surface area contributed by atoms with Crippen molar-refractivity contribution in [1.82, 2.24) is 20.2 Å². The van der Waals surface area contributed by atoms with Crippen LogP contribution in [0.1, 0.15) is 45.7 Å². The third kappa shape index (κ3) is 4.30. The Labute approximate surface area is 224 Å². The molecule has 1 aliphatic heterocycles. The second-order valence-corrected chi connectivity index (χ2v) is 12.0. The van der Waals surface area contributed by atoms with Crippen molar-refractivity contribution < 1.29 is 9.59 Å². The molecule has 1 aliphatic carbocycles. The highest BCUT2D eigenvalue weighted by atomic mass is 32.1. The fourth-order valence-electron chi connectivity index (χ4n) is 5.70. The fourth-order valence-corrected chi connectivity index (χ4v) is 7.49. The average Bonchev–Trinajstić information content (AvgIpc) is 3.69. The van der Waals surface area contributed by atoms with E-state index in [9.17, 15) is 9.59 Å². The number of thiazole rings is 2. The molecule has 2 fully saturated rings. The summed E-state index contributed by atoms with van der Waals surface area (Å²) >= 11 is 3.02. The molecule has 2 bridgehead atoms. The van der Waals surface area contributed by atoms with E-state index in [-0.39, 0.29) is 23.9 Å². The molecule has 1 N–H and O–H groups in total. The van der Waals surface area contributed by atoms with Crippen LogP contribution in [0.5, 0.6) is 0 Å². The number of nitrogens with one attached hydrogen (secondary N) is 1. The Morgan fingerprint density at radius 3 is 2.73 bits per heavy atom. The summed E-state index contributed by atoms with van der Waals surface area (Å²) in [6.07, 6.45) is 3.08. The van der Waals surface area contributed by atoms with E-state index >= 15 is 0 Å². The summed E-state index contributed by atoms with van der Waals surface area (Å²) in [6, 6.07) is 14.0. The van der Waals surface area contributed by atoms with Gasteiger partial charge in [0.15, 0.2) is 5.13 Å². The standard InChI is InChI=1S/C28H29N5O2S2/c1-16-7-9-17(10-8-16)24-23(31-28(37-24)32(2)3)27(35)33-19-12-11-18(13-19)22(33)14-29-26(34)20-5-4-6-21-25(20)36-15-30-21/h4-10,15,18-19,22H,11-14H2,1-3H3,(H,29,34)/t18-,19+,22+/m1/s1. The van der Waals surface area contributed by atoms with Crippen molar-refractivity contribution in [3.05, 3.63) is 64.8 Å². The van der Waals surface area contributed by atoms with Crippen LogP contribution in [0.25, 0.3) is 20.7 Å². The van der Waals surface area contributed by atoms with Crippen molar-refractivity contribution in [1.29, 1.82) is 0 Å². The number of hydrogen-bond donors (Lipinski definition) is 1. The highest BCUT2D eigenvalue weighted by Crippen LogP contribution is 2.44. The average molecular weight is 532 g/mol. The van der Waals surface area contributed by atoms with Crippen LogP contribution in [-0.4, -0.2) is 59.4 Å². The Balaban J connectivity index is 1.28. The molecule has 2 aromatic heterocycles. The lowest BCUT2D eigenvalue weighted by atomic mass is 9.98. The summed E-state index contributed by atoms with van der Waals surface area (Å²) in [4.78, 5) is 41.3. The molecule has 190 valence electrons. The highest BCUT2D eigenvalue weighted by Gasteiger charge is 2.49. The topological polar surface area (TPSA) is 78.4 Å². The maximum Gasteiger partial charge on any atom is 0.274 e.